The Morgan fingerprint density at radius 3 is 2.60 bits per heavy atom. The lowest BCUT2D eigenvalue weighted by Gasteiger charge is -2.34. The molecule has 3 rings (SSSR count). The molecule has 1 saturated heterocycles. The monoisotopic (exact) mass is 273 g/mol. The summed E-state index contributed by atoms with van der Waals surface area (Å²) in [5.41, 5.74) is 6.89. The maximum Gasteiger partial charge on any atom is 0.261 e. The van der Waals surface area contributed by atoms with E-state index in [2.05, 4.69) is 20.4 Å². The minimum Gasteiger partial charge on any atom is -0.368 e. The summed E-state index contributed by atoms with van der Waals surface area (Å²) in [5.74, 6) is 1.02. The SMILES string of the molecule is CN(c1nc(N)n(-c2ccccc2)n1)N1CCNCC1. The van der Waals surface area contributed by atoms with Crippen molar-refractivity contribution in [3.05, 3.63) is 30.3 Å². The fraction of sp³-hybridized carbons (Fsp3) is 0.385. The van der Waals surface area contributed by atoms with E-state index in [0.717, 1.165) is 31.9 Å². The molecule has 1 aromatic heterocycles. The summed E-state index contributed by atoms with van der Waals surface area (Å²) in [4.78, 5) is 4.36. The summed E-state index contributed by atoms with van der Waals surface area (Å²) in [6.45, 7) is 3.82. The predicted octanol–water partition coefficient (Wildman–Crippen LogP) is 0.106. The molecule has 0 radical (unpaired) electrons. The molecule has 2 aromatic rings. The van der Waals surface area contributed by atoms with E-state index in [9.17, 15) is 0 Å². The number of hydrazine groups is 1. The summed E-state index contributed by atoms with van der Waals surface area (Å²) in [6.07, 6.45) is 0. The Morgan fingerprint density at radius 1 is 1.20 bits per heavy atom. The Hall–Kier alpha value is -2.12. The van der Waals surface area contributed by atoms with Crippen molar-refractivity contribution >= 4 is 11.9 Å². The van der Waals surface area contributed by atoms with Gasteiger partial charge in [0, 0.05) is 33.2 Å². The van der Waals surface area contributed by atoms with Crippen LogP contribution in [0.15, 0.2) is 30.3 Å². The average Bonchev–Trinajstić information content (AvgIpc) is 2.90. The van der Waals surface area contributed by atoms with Gasteiger partial charge in [0.2, 0.25) is 5.95 Å². The minimum absolute atomic E-state index is 0.396. The first-order valence-corrected chi connectivity index (χ1v) is 6.73. The number of nitrogens with two attached hydrogens (primary N) is 1. The van der Waals surface area contributed by atoms with Crippen molar-refractivity contribution in [1.82, 2.24) is 25.1 Å². The molecule has 1 aliphatic rings. The van der Waals surface area contributed by atoms with E-state index in [1.807, 2.05) is 42.4 Å². The molecule has 3 N–H and O–H groups in total. The normalized spacial score (nSPS) is 16.2. The second-order valence-electron chi connectivity index (χ2n) is 4.74. The molecule has 0 saturated carbocycles. The maximum absolute atomic E-state index is 5.97. The molecule has 106 valence electrons. The van der Waals surface area contributed by atoms with Gasteiger partial charge in [-0.15, -0.1) is 5.10 Å². The smallest absolute Gasteiger partial charge is 0.261 e. The van der Waals surface area contributed by atoms with Crippen molar-refractivity contribution in [1.29, 1.82) is 0 Å². The molecule has 0 aliphatic carbocycles. The number of para-hydroxylation sites is 1. The average molecular weight is 273 g/mol. The van der Waals surface area contributed by atoms with Gasteiger partial charge in [-0.25, -0.2) is 5.01 Å². The minimum atomic E-state index is 0.396. The third-order valence-corrected chi connectivity index (χ3v) is 3.43. The van der Waals surface area contributed by atoms with Crippen molar-refractivity contribution in [3.63, 3.8) is 0 Å². The first-order chi connectivity index (χ1) is 9.75. The molecular weight excluding hydrogens is 254 g/mol. The largest absolute Gasteiger partial charge is 0.368 e. The van der Waals surface area contributed by atoms with Gasteiger partial charge < -0.3 is 11.1 Å². The highest BCUT2D eigenvalue weighted by Gasteiger charge is 2.19. The van der Waals surface area contributed by atoms with Crippen LogP contribution in [0.2, 0.25) is 0 Å². The standard InChI is InChI=1S/C13H19N7/c1-18(19-9-7-15-8-10-19)13-16-12(14)20(17-13)11-5-3-2-4-6-11/h2-6,15H,7-10H2,1H3,(H2,14,16,17). The van der Waals surface area contributed by atoms with Crippen LogP contribution in [-0.4, -0.2) is 53.0 Å². The Morgan fingerprint density at radius 2 is 1.90 bits per heavy atom. The molecule has 7 nitrogen and oxygen atoms in total. The highest BCUT2D eigenvalue weighted by Crippen LogP contribution is 2.16. The van der Waals surface area contributed by atoms with Gasteiger partial charge in [-0.05, 0) is 12.1 Å². The van der Waals surface area contributed by atoms with Gasteiger partial charge in [-0.2, -0.15) is 9.67 Å². The number of nitrogens with one attached hydrogen (secondary N) is 1. The molecule has 0 bridgehead atoms. The summed E-state index contributed by atoms with van der Waals surface area (Å²) in [6, 6.07) is 9.79. The number of piperazine rings is 1. The number of rotatable bonds is 3. The van der Waals surface area contributed by atoms with Crippen LogP contribution in [0.3, 0.4) is 0 Å². The van der Waals surface area contributed by atoms with E-state index in [-0.39, 0.29) is 0 Å². The molecule has 0 atom stereocenters. The van der Waals surface area contributed by atoms with E-state index in [4.69, 9.17) is 5.73 Å². The first-order valence-electron chi connectivity index (χ1n) is 6.73. The van der Waals surface area contributed by atoms with Gasteiger partial charge in [0.1, 0.15) is 0 Å². The third-order valence-electron chi connectivity index (χ3n) is 3.43. The van der Waals surface area contributed by atoms with Crippen molar-refractivity contribution in [2.75, 3.05) is 44.0 Å². The third kappa shape index (κ3) is 2.45. The summed E-state index contributed by atoms with van der Waals surface area (Å²) in [5, 5.41) is 12.0. The maximum atomic E-state index is 5.97. The highest BCUT2D eigenvalue weighted by atomic mass is 15.7. The summed E-state index contributed by atoms with van der Waals surface area (Å²) in [7, 11) is 1.97. The molecule has 0 spiro atoms. The second kappa shape index (κ2) is 5.48. The van der Waals surface area contributed by atoms with Crippen molar-refractivity contribution < 1.29 is 0 Å². The molecule has 0 unspecified atom stereocenters. The predicted molar refractivity (Wildman–Crippen MR) is 78.6 cm³/mol. The lowest BCUT2D eigenvalue weighted by Crippen LogP contribution is -2.51. The lowest BCUT2D eigenvalue weighted by molar-refractivity contribution is 0.229. The van der Waals surface area contributed by atoms with Crippen LogP contribution in [-0.2, 0) is 0 Å². The number of hydrogen-bond donors (Lipinski definition) is 2. The molecule has 7 heteroatoms. The van der Waals surface area contributed by atoms with Crippen molar-refractivity contribution in [2.24, 2.45) is 0 Å². The van der Waals surface area contributed by atoms with Crippen LogP contribution in [0.5, 0.6) is 0 Å². The summed E-state index contributed by atoms with van der Waals surface area (Å²) >= 11 is 0. The van der Waals surface area contributed by atoms with E-state index in [0.29, 0.717) is 11.9 Å². The van der Waals surface area contributed by atoms with E-state index < -0.39 is 0 Å². The molecule has 0 amide bonds. The number of aromatic nitrogens is 3. The molecule has 1 aliphatic heterocycles. The topological polar surface area (TPSA) is 75.2 Å². The molecule has 1 aromatic carbocycles. The highest BCUT2D eigenvalue weighted by molar-refractivity contribution is 5.42. The molecule has 20 heavy (non-hydrogen) atoms. The van der Waals surface area contributed by atoms with Gasteiger partial charge in [0.15, 0.2) is 0 Å². The zero-order valence-corrected chi connectivity index (χ0v) is 11.5. The number of anilines is 2. The van der Waals surface area contributed by atoms with Crippen LogP contribution in [0, 0.1) is 0 Å². The van der Waals surface area contributed by atoms with Gasteiger partial charge in [-0.1, -0.05) is 18.2 Å². The van der Waals surface area contributed by atoms with Gasteiger partial charge >= 0.3 is 0 Å². The number of nitrogens with zero attached hydrogens (tertiary/aromatic N) is 5. The Bertz CT molecular complexity index is 559. The van der Waals surface area contributed by atoms with Gasteiger partial charge in [0.25, 0.3) is 5.95 Å². The summed E-state index contributed by atoms with van der Waals surface area (Å²) < 4.78 is 1.66. The number of benzene rings is 1. The quantitative estimate of drug-likeness (QED) is 0.826. The first kappa shape index (κ1) is 12.9. The van der Waals surface area contributed by atoms with Crippen molar-refractivity contribution in [2.45, 2.75) is 0 Å². The Labute approximate surface area is 118 Å². The molecular formula is C13H19N7. The van der Waals surface area contributed by atoms with Gasteiger partial charge in [0.05, 0.1) is 5.69 Å². The van der Waals surface area contributed by atoms with E-state index in [1.54, 1.807) is 4.68 Å². The van der Waals surface area contributed by atoms with Crippen LogP contribution in [0.1, 0.15) is 0 Å². The Balaban J connectivity index is 1.85. The van der Waals surface area contributed by atoms with E-state index >= 15 is 0 Å². The van der Waals surface area contributed by atoms with Crippen molar-refractivity contribution in [3.8, 4) is 5.69 Å². The number of hydrogen-bond acceptors (Lipinski definition) is 6. The van der Waals surface area contributed by atoms with Crippen LogP contribution >= 0.6 is 0 Å². The lowest BCUT2D eigenvalue weighted by atomic mass is 10.3. The zero-order valence-electron chi connectivity index (χ0n) is 11.5. The molecule has 2 heterocycles. The van der Waals surface area contributed by atoms with Crippen LogP contribution in [0.4, 0.5) is 11.9 Å². The van der Waals surface area contributed by atoms with Crippen LogP contribution < -0.4 is 16.1 Å². The fourth-order valence-corrected chi connectivity index (χ4v) is 2.29. The van der Waals surface area contributed by atoms with E-state index in [1.165, 1.54) is 0 Å². The van der Waals surface area contributed by atoms with Crippen LogP contribution in [0.25, 0.3) is 5.69 Å². The zero-order chi connectivity index (χ0) is 13.9. The second-order valence-corrected chi connectivity index (χ2v) is 4.74. The molecule has 1 fully saturated rings. The Kier molecular flexibility index (Phi) is 3.53. The fourth-order valence-electron chi connectivity index (χ4n) is 2.29. The number of nitrogen functional groups attached to an aromatic ring is 1. The van der Waals surface area contributed by atoms with Gasteiger partial charge in [-0.3, -0.25) is 5.01 Å².